The van der Waals surface area contributed by atoms with Crippen molar-refractivity contribution >= 4 is 23.5 Å². The third-order valence-electron chi connectivity index (χ3n) is 2.47. The molecular formula is C13H15ClO5. The van der Waals surface area contributed by atoms with Crippen molar-refractivity contribution in [1.29, 1.82) is 0 Å². The minimum Gasteiger partial charge on any atom is -0.479 e. The Morgan fingerprint density at radius 2 is 1.89 bits per heavy atom. The molecule has 0 aliphatic heterocycles. The Morgan fingerprint density at radius 1 is 1.32 bits per heavy atom. The Balaban J connectivity index is 3.16. The Bertz CT molecular complexity index is 470. The van der Waals surface area contributed by atoms with Crippen LogP contribution in [0.3, 0.4) is 0 Å². The number of carboxylic acids is 2. The highest BCUT2D eigenvalue weighted by Gasteiger charge is 2.49. The summed E-state index contributed by atoms with van der Waals surface area (Å²) in [5.41, 5.74) is -1.82. The molecule has 0 saturated carbocycles. The summed E-state index contributed by atoms with van der Waals surface area (Å²) >= 11 is 5.80. The lowest BCUT2D eigenvalue weighted by molar-refractivity contribution is -0.188. The van der Waals surface area contributed by atoms with Crippen LogP contribution in [0.1, 0.15) is 19.4 Å². The lowest BCUT2D eigenvalue weighted by atomic mass is 9.94. The Kier molecular flexibility index (Phi) is 4.91. The fraction of sp³-hybridized carbons (Fsp3) is 0.385. The fourth-order valence-corrected chi connectivity index (χ4v) is 1.93. The molecule has 0 amide bonds. The smallest absolute Gasteiger partial charge is 0.348 e. The molecule has 1 aromatic carbocycles. The first-order valence-corrected chi connectivity index (χ1v) is 6.05. The SMILES string of the molecule is CC(C)OC(Cc1cccc(Cl)c1)(C(=O)O)C(=O)O. The van der Waals surface area contributed by atoms with Gasteiger partial charge in [-0.3, -0.25) is 0 Å². The maximum absolute atomic E-state index is 11.3. The van der Waals surface area contributed by atoms with Gasteiger partial charge in [0.15, 0.2) is 0 Å². The van der Waals surface area contributed by atoms with Crippen molar-refractivity contribution < 1.29 is 24.5 Å². The summed E-state index contributed by atoms with van der Waals surface area (Å²) in [6.45, 7) is 3.16. The molecule has 0 radical (unpaired) electrons. The predicted octanol–water partition coefficient (Wildman–Crippen LogP) is 2.22. The molecule has 1 aromatic rings. The van der Waals surface area contributed by atoms with E-state index in [0.29, 0.717) is 10.6 Å². The highest BCUT2D eigenvalue weighted by atomic mass is 35.5. The van der Waals surface area contributed by atoms with Gasteiger partial charge in [0.05, 0.1) is 6.10 Å². The summed E-state index contributed by atoms with van der Waals surface area (Å²) in [6.07, 6.45) is -0.831. The van der Waals surface area contributed by atoms with Crippen LogP contribution in [0.4, 0.5) is 0 Å². The van der Waals surface area contributed by atoms with Gasteiger partial charge in [-0.25, -0.2) is 9.59 Å². The second kappa shape index (κ2) is 6.04. The van der Waals surface area contributed by atoms with E-state index in [2.05, 4.69) is 0 Å². The lowest BCUT2D eigenvalue weighted by Crippen LogP contribution is -2.52. The second-order valence-corrected chi connectivity index (χ2v) is 4.85. The van der Waals surface area contributed by atoms with Crippen LogP contribution in [0, 0.1) is 0 Å². The van der Waals surface area contributed by atoms with E-state index in [1.165, 1.54) is 6.07 Å². The van der Waals surface area contributed by atoms with Gasteiger partial charge in [-0.2, -0.15) is 0 Å². The van der Waals surface area contributed by atoms with E-state index in [9.17, 15) is 19.8 Å². The van der Waals surface area contributed by atoms with Crippen molar-refractivity contribution in [1.82, 2.24) is 0 Å². The largest absolute Gasteiger partial charge is 0.479 e. The van der Waals surface area contributed by atoms with E-state index in [1.807, 2.05) is 0 Å². The highest BCUT2D eigenvalue weighted by molar-refractivity contribution is 6.30. The molecule has 2 N–H and O–H groups in total. The molecule has 0 heterocycles. The second-order valence-electron chi connectivity index (χ2n) is 4.41. The third-order valence-corrected chi connectivity index (χ3v) is 2.71. The average molecular weight is 287 g/mol. The van der Waals surface area contributed by atoms with Gasteiger partial charge in [-0.05, 0) is 31.5 Å². The Morgan fingerprint density at radius 3 is 2.32 bits per heavy atom. The minimum absolute atomic E-state index is 0.295. The summed E-state index contributed by atoms with van der Waals surface area (Å²) in [6, 6.07) is 6.38. The molecule has 0 saturated heterocycles. The zero-order valence-electron chi connectivity index (χ0n) is 10.6. The topological polar surface area (TPSA) is 83.8 Å². The van der Waals surface area contributed by atoms with Crippen molar-refractivity contribution in [3.05, 3.63) is 34.9 Å². The monoisotopic (exact) mass is 286 g/mol. The van der Waals surface area contributed by atoms with E-state index in [4.69, 9.17) is 16.3 Å². The zero-order chi connectivity index (χ0) is 14.6. The molecule has 0 aliphatic carbocycles. The number of carboxylic acid groups (broad SMARTS) is 2. The van der Waals surface area contributed by atoms with Gasteiger partial charge >= 0.3 is 11.9 Å². The first kappa shape index (κ1) is 15.5. The van der Waals surface area contributed by atoms with Gasteiger partial charge in [0, 0.05) is 11.4 Å². The van der Waals surface area contributed by atoms with Crippen molar-refractivity contribution in [2.45, 2.75) is 32.0 Å². The molecule has 0 unspecified atom stereocenters. The van der Waals surface area contributed by atoms with Gasteiger partial charge in [0.1, 0.15) is 0 Å². The average Bonchev–Trinajstić information content (AvgIpc) is 2.26. The number of benzene rings is 1. The van der Waals surface area contributed by atoms with Gasteiger partial charge in [-0.15, -0.1) is 0 Å². The molecule has 0 aromatic heterocycles. The number of hydrogen-bond acceptors (Lipinski definition) is 3. The quantitative estimate of drug-likeness (QED) is 0.783. The minimum atomic E-state index is -2.31. The van der Waals surface area contributed by atoms with Crippen LogP contribution < -0.4 is 0 Å². The molecule has 0 fully saturated rings. The van der Waals surface area contributed by atoms with E-state index in [-0.39, 0.29) is 6.42 Å². The van der Waals surface area contributed by atoms with E-state index >= 15 is 0 Å². The van der Waals surface area contributed by atoms with Crippen molar-refractivity contribution in [3.8, 4) is 0 Å². The summed E-state index contributed by atoms with van der Waals surface area (Å²) in [4.78, 5) is 22.7. The summed E-state index contributed by atoms with van der Waals surface area (Å²) in [5.74, 6) is -3.07. The van der Waals surface area contributed by atoms with Crippen LogP contribution in [-0.4, -0.2) is 33.9 Å². The number of rotatable bonds is 6. The maximum Gasteiger partial charge on any atom is 0.348 e. The zero-order valence-corrected chi connectivity index (χ0v) is 11.3. The Hall–Kier alpha value is -1.59. The van der Waals surface area contributed by atoms with Gasteiger partial charge in [0.2, 0.25) is 0 Å². The van der Waals surface area contributed by atoms with Crippen molar-refractivity contribution in [3.63, 3.8) is 0 Å². The van der Waals surface area contributed by atoms with Crippen LogP contribution in [-0.2, 0) is 20.7 Å². The molecule has 0 bridgehead atoms. The first-order chi connectivity index (χ1) is 8.78. The number of aliphatic carboxylic acids is 2. The van der Waals surface area contributed by atoms with Crippen LogP contribution >= 0.6 is 11.6 Å². The molecule has 0 aliphatic rings. The Labute approximate surface area is 115 Å². The summed E-state index contributed by atoms with van der Waals surface area (Å²) in [5, 5.41) is 18.9. The van der Waals surface area contributed by atoms with Crippen molar-refractivity contribution in [2.75, 3.05) is 0 Å². The third kappa shape index (κ3) is 3.68. The van der Waals surface area contributed by atoms with Crippen LogP contribution in [0.2, 0.25) is 5.02 Å². The molecule has 0 atom stereocenters. The summed E-state index contributed by atoms with van der Waals surface area (Å²) < 4.78 is 5.16. The molecule has 0 spiro atoms. The number of carbonyl (C=O) groups is 2. The van der Waals surface area contributed by atoms with E-state index < -0.39 is 23.6 Å². The molecule has 104 valence electrons. The van der Waals surface area contributed by atoms with E-state index in [0.717, 1.165) is 0 Å². The maximum atomic E-state index is 11.3. The number of ether oxygens (including phenoxy) is 1. The normalized spacial score (nSPS) is 11.6. The van der Waals surface area contributed by atoms with Crippen LogP contribution in [0.5, 0.6) is 0 Å². The number of hydrogen-bond donors (Lipinski definition) is 2. The van der Waals surface area contributed by atoms with Crippen LogP contribution in [0.15, 0.2) is 24.3 Å². The molecule has 5 nitrogen and oxygen atoms in total. The standard InChI is InChI=1S/C13H15ClO5/c1-8(2)19-13(11(15)16,12(17)18)7-9-4-3-5-10(14)6-9/h3-6,8H,7H2,1-2H3,(H,15,16)(H,17,18). The van der Waals surface area contributed by atoms with Gasteiger partial charge in [0.25, 0.3) is 5.60 Å². The molecule has 19 heavy (non-hydrogen) atoms. The highest BCUT2D eigenvalue weighted by Crippen LogP contribution is 2.23. The van der Waals surface area contributed by atoms with Crippen LogP contribution in [0.25, 0.3) is 0 Å². The molecule has 6 heteroatoms. The lowest BCUT2D eigenvalue weighted by Gasteiger charge is -2.27. The molecule has 1 rings (SSSR count). The van der Waals surface area contributed by atoms with E-state index in [1.54, 1.807) is 32.0 Å². The molecular weight excluding hydrogens is 272 g/mol. The first-order valence-electron chi connectivity index (χ1n) is 5.67. The fourth-order valence-electron chi connectivity index (χ4n) is 1.72. The summed E-state index contributed by atoms with van der Waals surface area (Å²) in [7, 11) is 0. The predicted molar refractivity (Wildman–Crippen MR) is 69.4 cm³/mol. The van der Waals surface area contributed by atoms with Gasteiger partial charge < -0.3 is 14.9 Å². The van der Waals surface area contributed by atoms with Gasteiger partial charge in [-0.1, -0.05) is 23.7 Å². The van der Waals surface area contributed by atoms with Crippen molar-refractivity contribution in [2.24, 2.45) is 0 Å². The number of halogens is 1.